The van der Waals surface area contributed by atoms with E-state index in [0.717, 1.165) is 12.8 Å². The molecule has 128 valence electrons. The van der Waals surface area contributed by atoms with Crippen molar-refractivity contribution in [3.05, 3.63) is 23.2 Å². The van der Waals surface area contributed by atoms with E-state index < -0.39 is 5.91 Å². The number of nitrogens with one attached hydrogen (secondary N) is 2. The van der Waals surface area contributed by atoms with E-state index in [1.165, 1.54) is 43.9 Å². The zero-order valence-electron chi connectivity index (χ0n) is 13.5. The minimum Gasteiger partial charge on any atom is -0.506 e. The zero-order chi connectivity index (χ0) is 17.1. The van der Waals surface area contributed by atoms with Crippen LogP contribution in [0.5, 0.6) is 5.75 Å². The number of unbranched alkanes of at least 4 members (excludes halogenated alkanes) is 5. The molecule has 6 heteroatoms. The van der Waals surface area contributed by atoms with E-state index in [1.807, 2.05) is 0 Å². The average Bonchev–Trinajstić information content (AvgIpc) is 2.50. The molecule has 1 aromatic rings. The number of halogens is 1. The smallest absolute Gasteiger partial charge is 0.233 e. The number of amides is 2. The number of benzene rings is 1. The molecule has 0 aliphatic heterocycles. The van der Waals surface area contributed by atoms with Crippen LogP contribution in [0.1, 0.15) is 51.9 Å². The van der Waals surface area contributed by atoms with Gasteiger partial charge in [-0.15, -0.1) is 0 Å². The fourth-order valence-corrected chi connectivity index (χ4v) is 2.32. The number of carbonyl (C=O) groups excluding carboxylic acids is 2. The van der Waals surface area contributed by atoms with Gasteiger partial charge in [-0.2, -0.15) is 0 Å². The lowest BCUT2D eigenvalue weighted by atomic mass is 10.1. The predicted octanol–water partition coefficient (Wildman–Crippen LogP) is 3.85. The highest BCUT2D eigenvalue weighted by atomic mass is 35.5. The number of anilines is 1. The summed E-state index contributed by atoms with van der Waals surface area (Å²) in [4.78, 5) is 23.4. The number of phenolic OH excluding ortho intramolecular Hbond substituents is 1. The third-order valence-corrected chi connectivity index (χ3v) is 3.64. The van der Waals surface area contributed by atoms with E-state index in [0.29, 0.717) is 11.6 Å². The molecule has 0 bridgehead atoms. The van der Waals surface area contributed by atoms with Crippen molar-refractivity contribution in [2.24, 2.45) is 0 Å². The quantitative estimate of drug-likeness (QED) is 0.344. The summed E-state index contributed by atoms with van der Waals surface area (Å²) in [6.07, 6.45) is 6.61. The number of aromatic hydroxyl groups is 1. The molecule has 0 aliphatic rings. The lowest BCUT2D eigenvalue weighted by Crippen LogP contribution is -2.28. The van der Waals surface area contributed by atoms with Gasteiger partial charge in [0.25, 0.3) is 0 Å². The second-order valence-electron chi connectivity index (χ2n) is 5.50. The van der Waals surface area contributed by atoms with Crippen molar-refractivity contribution in [3.63, 3.8) is 0 Å². The number of rotatable bonds is 10. The van der Waals surface area contributed by atoms with Gasteiger partial charge in [0.15, 0.2) is 0 Å². The summed E-state index contributed by atoms with van der Waals surface area (Å²) in [7, 11) is 0. The topological polar surface area (TPSA) is 78.4 Å². The average molecular weight is 341 g/mol. The van der Waals surface area contributed by atoms with E-state index >= 15 is 0 Å². The summed E-state index contributed by atoms with van der Waals surface area (Å²) in [6, 6.07) is 4.33. The molecule has 0 saturated carbocycles. The van der Waals surface area contributed by atoms with E-state index in [4.69, 9.17) is 11.6 Å². The Hall–Kier alpha value is -1.75. The summed E-state index contributed by atoms with van der Waals surface area (Å²) in [5.74, 6) is -0.893. The maximum atomic E-state index is 11.8. The molecule has 0 aromatic heterocycles. The third-order valence-electron chi connectivity index (χ3n) is 3.41. The number of hydrogen-bond donors (Lipinski definition) is 3. The molecule has 0 aliphatic carbocycles. The van der Waals surface area contributed by atoms with Crippen LogP contribution in [0.3, 0.4) is 0 Å². The van der Waals surface area contributed by atoms with Crippen LogP contribution in [0, 0.1) is 0 Å². The summed E-state index contributed by atoms with van der Waals surface area (Å²) >= 11 is 5.79. The molecule has 0 saturated heterocycles. The Morgan fingerprint density at radius 2 is 1.78 bits per heavy atom. The molecule has 0 radical (unpaired) electrons. The van der Waals surface area contributed by atoms with Gasteiger partial charge in [-0.1, -0.05) is 50.6 Å². The highest BCUT2D eigenvalue weighted by Gasteiger charge is 2.11. The van der Waals surface area contributed by atoms with Crippen molar-refractivity contribution in [1.29, 1.82) is 0 Å². The van der Waals surface area contributed by atoms with E-state index in [9.17, 15) is 14.7 Å². The van der Waals surface area contributed by atoms with Gasteiger partial charge >= 0.3 is 0 Å². The molecule has 0 heterocycles. The zero-order valence-corrected chi connectivity index (χ0v) is 14.3. The lowest BCUT2D eigenvalue weighted by Gasteiger charge is -2.08. The predicted molar refractivity (Wildman–Crippen MR) is 92.7 cm³/mol. The Balaban J connectivity index is 2.21. The van der Waals surface area contributed by atoms with Crippen molar-refractivity contribution in [2.75, 3.05) is 11.9 Å². The van der Waals surface area contributed by atoms with Crippen LogP contribution in [0.15, 0.2) is 18.2 Å². The molecule has 0 spiro atoms. The normalized spacial score (nSPS) is 10.3. The molecular weight excluding hydrogens is 316 g/mol. The first kappa shape index (κ1) is 19.3. The molecule has 5 nitrogen and oxygen atoms in total. The van der Waals surface area contributed by atoms with E-state index in [2.05, 4.69) is 17.6 Å². The van der Waals surface area contributed by atoms with Gasteiger partial charge in [0, 0.05) is 11.6 Å². The Morgan fingerprint density at radius 3 is 2.52 bits per heavy atom. The molecule has 2 amide bonds. The van der Waals surface area contributed by atoms with Gasteiger partial charge in [-0.05, 0) is 24.6 Å². The molecule has 1 rings (SSSR count). The fraction of sp³-hybridized carbons (Fsp3) is 0.529. The molecule has 0 atom stereocenters. The maximum absolute atomic E-state index is 11.8. The Morgan fingerprint density at radius 1 is 1.09 bits per heavy atom. The summed E-state index contributed by atoms with van der Waals surface area (Å²) in [5, 5.41) is 15.2. The highest BCUT2D eigenvalue weighted by Crippen LogP contribution is 2.26. The fourth-order valence-electron chi connectivity index (χ4n) is 2.14. The minimum absolute atomic E-state index is 0.0877. The third kappa shape index (κ3) is 8.45. The van der Waals surface area contributed by atoms with E-state index in [-0.39, 0.29) is 23.8 Å². The molecule has 0 unspecified atom stereocenters. The van der Waals surface area contributed by atoms with Crippen molar-refractivity contribution >= 4 is 29.1 Å². The van der Waals surface area contributed by atoms with Gasteiger partial charge in [0.2, 0.25) is 11.8 Å². The van der Waals surface area contributed by atoms with Crippen molar-refractivity contribution in [3.8, 4) is 5.75 Å². The lowest BCUT2D eigenvalue weighted by molar-refractivity contribution is -0.126. The Bertz CT molecular complexity index is 521. The molecule has 23 heavy (non-hydrogen) atoms. The highest BCUT2D eigenvalue weighted by molar-refractivity contribution is 6.31. The van der Waals surface area contributed by atoms with Crippen molar-refractivity contribution < 1.29 is 14.7 Å². The van der Waals surface area contributed by atoms with Gasteiger partial charge in [0.05, 0.1) is 5.69 Å². The largest absolute Gasteiger partial charge is 0.506 e. The monoisotopic (exact) mass is 340 g/mol. The minimum atomic E-state index is -0.483. The van der Waals surface area contributed by atoms with Crippen molar-refractivity contribution in [1.82, 2.24) is 5.32 Å². The second-order valence-corrected chi connectivity index (χ2v) is 5.94. The molecule has 3 N–H and O–H groups in total. The van der Waals surface area contributed by atoms with Gasteiger partial charge < -0.3 is 15.7 Å². The van der Waals surface area contributed by atoms with Gasteiger partial charge in [-0.25, -0.2) is 0 Å². The van der Waals surface area contributed by atoms with Crippen LogP contribution in [0.4, 0.5) is 5.69 Å². The van der Waals surface area contributed by atoms with E-state index in [1.54, 1.807) is 0 Å². The Labute approximate surface area is 142 Å². The Kier molecular flexibility index (Phi) is 9.14. The van der Waals surface area contributed by atoms with Crippen LogP contribution < -0.4 is 10.6 Å². The number of hydrogen-bond acceptors (Lipinski definition) is 3. The summed E-state index contributed by atoms with van der Waals surface area (Å²) < 4.78 is 0. The standard InChI is InChI=1S/C17H25ClN2O3/c1-2-3-4-5-6-7-10-19-16(22)12-17(23)20-14-11-13(18)8-9-15(14)21/h8-9,11,21H,2-7,10,12H2,1H3,(H,19,22)(H,20,23). The first-order valence-electron chi connectivity index (χ1n) is 8.08. The first-order chi connectivity index (χ1) is 11.0. The van der Waals surface area contributed by atoms with Crippen LogP contribution >= 0.6 is 11.6 Å². The first-order valence-corrected chi connectivity index (χ1v) is 8.45. The van der Waals surface area contributed by atoms with Crippen LogP contribution in [-0.2, 0) is 9.59 Å². The number of carbonyl (C=O) groups is 2. The number of phenols is 1. The molecular formula is C17H25ClN2O3. The van der Waals surface area contributed by atoms with Crippen LogP contribution in [-0.4, -0.2) is 23.5 Å². The summed E-state index contributed by atoms with van der Waals surface area (Å²) in [6.45, 7) is 2.76. The summed E-state index contributed by atoms with van der Waals surface area (Å²) in [5.41, 5.74) is 0.200. The van der Waals surface area contributed by atoms with Crippen LogP contribution in [0.25, 0.3) is 0 Å². The molecule has 1 aromatic carbocycles. The van der Waals surface area contributed by atoms with Gasteiger partial charge in [0.1, 0.15) is 12.2 Å². The molecule has 0 fully saturated rings. The maximum Gasteiger partial charge on any atom is 0.233 e. The SMILES string of the molecule is CCCCCCCCNC(=O)CC(=O)Nc1cc(Cl)ccc1O. The van der Waals surface area contributed by atoms with Crippen molar-refractivity contribution in [2.45, 2.75) is 51.9 Å². The van der Waals surface area contributed by atoms with Crippen LogP contribution in [0.2, 0.25) is 5.02 Å². The second kappa shape index (κ2) is 10.9. The van der Waals surface area contributed by atoms with Gasteiger partial charge in [-0.3, -0.25) is 9.59 Å².